The zero-order valence-electron chi connectivity index (χ0n) is 40.9. The maximum Gasteiger partial charge on any atom is 0.472 e. The van der Waals surface area contributed by atoms with Crippen LogP contribution in [0, 0.1) is 0 Å². The number of rotatable bonds is 46. The average Bonchev–Trinajstić information content (AvgIpc) is 3.23. The second-order valence-corrected chi connectivity index (χ2v) is 19.6. The number of phosphoric acid groups is 1. The molecule has 0 aliphatic heterocycles. The summed E-state index contributed by atoms with van der Waals surface area (Å²) in [5, 5.41) is 0. The van der Waals surface area contributed by atoms with E-state index in [9.17, 15) is 19.0 Å². The van der Waals surface area contributed by atoms with Crippen molar-refractivity contribution in [3.8, 4) is 0 Å². The first kappa shape index (κ1) is 60.0. The van der Waals surface area contributed by atoms with Gasteiger partial charge in [0.25, 0.3) is 0 Å². The van der Waals surface area contributed by atoms with Crippen LogP contribution < -0.4 is 0 Å². The van der Waals surface area contributed by atoms with Gasteiger partial charge < -0.3 is 18.9 Å². The zero-order chi connectivity index (χ0) is 45.7. The first-order chi connectivity index (χ1) is 30.0. The maximum absolute atomic E-state index is 12.8. The summed E-state index contributed by atoms with van der Waals surface area (Å²) in [5.74, 6) is -0.809. The van der Waals surface area contributed by atoms with Crippen LogP contribution in [0.1, 0.15) is 219 Å². The lowest BCUT2D eigenvalue weighted by molar-refractivity contribution is -0.870. The molecule has 0 rings (SSSR count). The van der Waals surface area contributed by atoms with Gasteiger partial charge in [0, 0.05) is 12.8 Å². The molecular weight excluding hydrogens is 798 g/mol. The van der Waals surface area contributed by atoms with E-state index in [1.165, 1.54) is 116 Å². The van der Waals surface area contributed by atoms with E-state index in [4.69, 9.17) is 18.5 Å². The molecule has 0 aromatic heterocycles. The number of quaternary nitrogens is 1. The number of carbonyl (C=O) groups excluding carboxylic acids is 2. The lowest BCUT2D eigenvalue weighted by atomic mass is 10.1. The lowest BCUT2D eigenvalue weighted by Gasteiger charge is -2.24. The molecule has 10 heteroatoms. The molecule has 2 atom stereocenters. The summed E-state index contributed by atoms with van der Waals surface area (Å²) >= 11 is 0. The summed E-state index contributed by atoms with van der Waals surface area (Å²) in [6, 6.07) is 0. The summed E-state index contributed by atoms with van der Waals surface area (Å²) in [7, 11) is 1.47. The predicted molar refractivity (Wildman–Crippen MR) is 261 cm³/mol. The standard InChI is InChI=1S/C52H96NO8P/c1-6-8-10-12-14-16-18-20-22-24-25-26-27-29-31-33-35-37-39-41-43-45-52(55)61-50(49-60-62(56,57)59-47-46-53(3,4)5)48-58-51(54)44-42-40-38-36-34-32-30-28-23-21-19-17-15-13-11-9-7-2/h15,17-18,20-21,23-25,50H,6-14,16,19,22,26-49H2,1-5H3/p+1/b17-15-,20-18-,23-21-,25-24-. The topological polar surface area (TPSA) is 108 Å². The van der Waals surface area contributed by atoms with Gasteiger partial charge in [0.1, 0.15) is 19.8 Å². The molecule has 0 saturated carbocycles. The fourth-order valence-corrected chi connectivity index (χ4v) is 7.58. The summed E-state index contributed by atoms with van der Waals surface area (Å²) in [6.07, 6.45) is 53.0. The van der Waals surface area contributed by atoms with E-state index in [0.717, 1.165) is 70.6 Å². The van der Waals surface area contributed by atoms with Gasteiger partial charge >= 0.3 is 19.8 Å². The second-order valence-electron chi connectivity index (χ2n) is 18.2. The van der Waals surface area contributed by atoms with Gasteiger partial charge in [-0.2, -0.15) is 0 Å². The third-order valence-corrected chi connectivity index (χ3v) is 11.8. The van der Waals surface area contributed by atoms with Crippen LogP contribution in [0.2, 0.25) is 0 Å². The van der Waals surface area contributed by atoms with Gasteiger partial charge in [-0.25, -0.2) is 4.57 Å². The van der Waals surface area contributed by atoms with E-state index >= 15 is 0 Å². The van der Waals surface area contributed by atoms with E-state index in [-0.39, 0.29) is 32.0 Å². The Morgan fingerprint density at radius 3 is 1.31 bits per heavy atom. The summed E-state index contributed by atoms with van der Waals surface area (Å²) in [4.78, 5) is 35.5. The quantitative estimate of drug-likeness (QED) is 0.0212. The van der Waals surface area contributed by atoms with Crippen LogP contribution in [0.15, 0.2) is 48.6 Å². The Morgan fingerprint density at radius 2 is 0.871 bits per heavy atom. The Kier molecular flexibility index (Phi) is 42.7. The molecule has 0 bridgehead atoms. The van der Waals surface area contributed by atoms with Crippen molar-refractivity contribution in [3.63, 3.8) is 0 Å². The van der Waals surface area contributed by atoms with Crippen molar-refractivity contribution >= 4 is 19.8 Å². The van der Waals surface area contributed by atoms with Gasteiger partial charge in [-0.15, -0.1) is 0 Å². The summed E-state index contributed by atoms with van der Waals surface area (Å²) < 4.78 is 34.4. The minimum atomic E-state index is -4.38. The highest BCUT2D eigenvalue weighted by atomic mass is 31.2. The van der Waals surface area contributed by atoms with Crippen molar-refractivity contribution < 1.29 is 42.1 Å². The maximum atomic E-state index is 12.8. The molecule has 0 heterocycles. The van der Waals surface area contributed by atoms with Crippen molar-refractivity contribution in [1.29, 1.82) is 0 Å². The Balaban J connectivity index is 4.28. The largest absolute Gasteiger partial charge is 0.472 e. The fraction of sp³-hybridized carbons (Fsp3) is 0.808. The highest BCUT2D eigenvalue weighted by molar-refractivity contribution is 7.47. The first-order valence-corrected chi connectivity index (χ1v) is 26.9. The smallest absolute Gasteiger partial charge is 0.462 e. The number of esters is 2. The number of phosphoric ester groups is 1. The molecule has 1 N–H and O–H groups in total. The van der Waals surface area contributed by atoms with Crippen LogP contribution in [0.5, 0.6) is 0 Å². The Hall–Kier alpha value is -2.03. The van der Waals surface area contributed by atoms with Crippen LogP contribution >= 0.6 is 7.82 Å². The molecule has 9 nitrogen and oxygen atoms in total. The van der Waals surface area contributed by atoms with Crippen LogP contribution in [0.4, 0.5) is 0 Å². The van der Waals surface area contributed by atoms with Crippen molar-refractivity contribution in [2.75, 3.05) is 47.5 Å². The lowest BCUT2D eigenvalue weighted by Crippen LogP contribution is -2.37. The molecule has 2 unspecified atom stereocenters. The number of hydrogen-bond acceptors (Lipinski definition) is 7. The van der Waals surface area contributed by atoms with Crippen molar-refractivity contribution in [2.45, 2.75) is 225 Å². The Morgan fingerprint density at radius 1 is 0.500 bits per heavy atom. The normalized spacial score (nSPS) is 13.8. The molecule has 0 aromatic rings. The van der Waals surface area contributed by atoms with Crippen molar-refractivity contribution in [2.24, 2.45) is 0 Å². The minimum Gasteiger partial charge on any atom is -0.462 e. The molecule has 0 amide bonds. The molecule has 0 spiro atoms. The van der Waals surface area contributed by atoms with Crippen LogP contribution in [-0.2, 0) is 32.7 Å². The van der Waals surface area contributed by atoms with Gasteiger partial charge in [0.2, 0.25) is 0 Å². The number of unbranched alkanes of at least 4 members (excludes halogenated alkanes) is 24. The van der Waals surface area contributed by atoms with Gasteiger partial charge in [0.15, 0.2) is 6.10 Å². The Bertz CT molecular complexity index is 1190. The van der Waals surface area contributed by atoms with E-state index < -0.39 is 26.5 Å². The molecule has 0 radical (unpaired) electrons. The van der Waals surface area contributed by atoms with Crippen LogP contribution in [0.3, 0.4) is 0 Å². The molecular formula is C52H97NO8P+. The Labute approximate surface area is 382 Å². The third kappa shape index (κ3) is 47.4. The average molecular weight is 895 g/mol. The van der Waals surface area contributed by atoms with Gasteiger partial charge in [-0.1, -0.05) is 178 Å². The minimum absolute atomic E-state index is 0.0284. The highest BCUT2D eigenvalue weighted by Crippen LogP contribution is 2.43. The number of ether oxygens (including phenoxy) is 2. The zero-order valence-corrected chi connectivity index (χ0v) is 41.7. The number of allylic oxidation sites excluding steroid dienone is 8. The van der Waals surface area contributed by atoms with E-state index in [2.05, 4.69) is 62.5 Å². The molecule has 62 heavy (non-hydrogen) atoms. The van der Waals surface area contributed by atoms with E-state index in [1.807, 2.05) is 21.1 Å². The molecule has 0 fully saturated rings. The SMILES string of the molecule is CCCCC/C=C\C/C=C\CCCCCCCCCC(=O)OCC(COP(=O)(O)OCC[N+](C)(C)C)OC(=O)CCCCCCCCCCC/C=C\C/C=C\CCCCCCC. The van der Waals surface area contributed by atoms with Gasteiger partial charge in [-0.05, 0) is 77.0 Å². The molecule has 0 aliphatic rings. The predicted octanol–water partition coefficient (Wildman–Crippen LogP) is 15.0. The molecule has 0 aromatic carbocycles. The van der Waals surface area contributed by atoms with E-state index in [0.29, 0.717) is 17.4 Å². The van der Waals surface area contributed by atoms with E-state index in [1.54, 1.807) is 0 Å². The van der Waals surface area contributed by atoms with Gasteiger partial charge in [0.05, 0.1) is 27.7 Å². The van der Waals surface area contributed by atoms with Crippen molar-refractivity contribution in [1.82, 2.24) is 0 Å². The second kappa shape index (κ2) is 44.2. The molecule has 0 aliphatic carbocycles. The number of hydrogen-bond donors (Lipinski definition) is 1. The number of nitrogens with zero attached hydrogens (tertiary/aromatic N) is 1. The van der Waals surface area contributed by atoms with Crippen LogP contribution in [0.25, 0.3) is 0 Å². The number of likely N-dealkylation sites (N-methyl/N-ethyl adjacent to an activating group) is 1. The monoisotopic (exact) mass is 895 g/mol. The molecule has 0 saturated heterocycles. The first-order valence-electron chi connectivity index (χ1n) is 25.4. The summed E-state index contributed by atoms with van der Waals surface area (Å²) in [6.45, 7) is 4.39. The molecule has 362 valence electrons. The van der Waals surface area contributed by atoms with Gasteiger partial charge in [-0.3, -0.25) is 18.6 Å². The fourth-order valence-electron chi connectivity index (χ4n) is 6.84. The third-order valence-electron chi connectivity index (χ3n) is 10.8. The summed E-state index contributed by atoms with van der Waals surface area (Å²) in [5.41, 5.74) is 0. The highest BCUT2D eigenvalue weighted by Gasteiger charge is 2.27. The van der Waals surface area contributed by atoms with Crippen molar-refractivity contribution in [3.05, 3.63) is 48.6 Å². The number of carbonyl (C=O) groups is 2. The van der Waals surface area contributed by atoms with Crippen LogP contribution in [-0.4, -0.2) is 74.9 Å².